The molecule has 1 atom stereocenters. The molecule has 0 radical (unpaired) electrons. The van der Waals surface area contributed by atoms with Crippen molar-refractivity contribution in [1.82, 2.24) is 4.90 Å². The molecule has 3 aliphatic rings. The molecule has 1 saturated heterocycles. The molecule has 0 N–H and O–H groups in total. The highest BCUT2D eigenvalue weighted by Crippen LogP contribution is 2.31. The number of ether oxygens (including phenoxy) is 1. The van der Waals surface area contributed by atoms with Gasteiger partial charge in [-0.2, -0.15) is 0 Å². The molecule has 3 heteroatoms. The second kappa shape index (κ2) is 4.97. The lowest BCUT2D eigenvalue weighted by Crippen LogP contribution is -2.34. The van der Waals surface area contributed by atoms with Crippen LogP contribution in [-0.4, -0.2) is 36.6 Å². The van der Waals surface area contributed by atoms with Crippen LogP contribution in [0.4, 0.5) is 0 Å². The fourth-order valence-corrected chi connectivity index (χ4v) is 3.05. The minimum absolute atomic E-state index is 0.320. The first kappa shape index (κ1) is 11.5. The van der Waals surface area contributed by atoms with E-state index in [1.807, 2.05) is 4.90 Å². The van der Waals surface area contributed by atoms with E-state index < -0.39 is 0 Å². The van der Waals surface area contributed by atoms with Crippen LogP contribution in [0.5, 0.6) is 0 Å². The van der Waals surface area contributed by atoms with Gasteiger partial charge in [0, 0.05) is 25.6 Å². The topological polar surface area (TPSA) is 29.5 Å². The van der Waals surface area contributed by atoms with Crippen molar-refractivity contribution in [2.45, 2.75) is 51.0 Å². The van der Waals surface area contributed by atoms with Crippen LogP contribution in [-0.2, 0) is 9.53 Å². The first-order chi connectivity index (χ1) is 8.33. The number of amides is 1. The predicted octanol–water partition coefficient (Wildman–Crippen LogP) is 2.20. The first-order valence-electron chi connectivity index (χ1n) is 7.23. The van der Waals surface area contributed by atoms with Crippen LogP contribution < -0.4 is 0 Å². The molecule has 1 amide bonds. The zero-order chi connectivity index (χ0) is 11.7. The average molecular weight is 237 g/mol. The Labute approximate surface area is 104 Å². The summed E-state index contributed by atoms with van der Waals surface area (Å²) in [6, 6.07) is 0. The lowest BCUT2D eigenvalue weighted by Gasteiger charge is -2.20. The van der Waals surface area contributed by atoms with Crippen LogP contribution in [0, 0.1) is 11.8 Å². The summed E-state index contributed by atoms with van der Waals surface area (Å²) in [6.07, 6.45) is 8.77. The zero-order valence-electron chi connectivity index (χ0n) is 10.6. The fraction of sp³-hybridized carbons (Fsp3) is 0.929. The maximum atomic E-state index is 12.2. The summed E-state index contributed by atoms with van der Waals surface area (Å²) >= 11 is 0. The van der Waals surface area contributed by atoms with Crippen molar-refractivity contribution in [2.75, 3.05) is 19.7 Å². The lowest BCUT2D eigenvalue weighted by molar-refractivity contribution is -0.134. The Morgan fingerprint density at radius 1 is 1.12 bits per heavy atom. The molecule has 0 aromatic rings. The average Bonchev–Trinajstić information content (AvgIpc) is 2.86. The fourth-order valence-electron chi connectivity index (χ4n) is 3.05. The third-order valence-corrected chi connectivity index (χ3v) is 4.43. The van der Waals surface area contributed by atoms with Crippen molar-refractivity contribution >= 4 is 5.91 Å². The molecule has 0 spiro atoms. The van der Waals surface area contributed by atoms with E-state index in [0.717, 1.165) is 44.9 Å². The summed E-state index contributed by atoms with van der Waals surface area (Å²) in [5, 5.41) is 0. The van der Waals surface area contributed by atoms with Gasteiger partial charge in [0.1, 0.15) is 0 Å². The summed E-state index contributed by atoms with van der Waals surface area (Å²) in [4.78, 5) is 14.3. The highest BCUT2D eigenvalue weighted by atomic mass is 16.5. The molecule has 1 aliphatic heterocycles. The molecule has 0 aromatic carbocycles. The quantitative estimate of drug-likeness (QED) is 0.750. The molecule has 0 bridgehead atoms. The Hall–Kier alpha value is -0.570. The zero-order valence-corrected chi connectivity index (χ0v) is 10.6. The normalized spacial score (nSPS) is 30.1. The monoisotopic (exact) mass is 237 g/mol. The lowest BCUT2D eigenvalue weighted by atomic mass is 10.1. The number of carbonyl (C=O) groups excluding carboxylic acids is 1. The van der Waals surface area contributed by atoms with E-state index in [1.165, 1.54) is 25.7 Å². The smallest absolute Gasteiger partial charge is 0.225 e. The highest BCUT2D eigenvalue weighted by molar-refractivity contribution is 5.79. The maximum Gasteiger partial charge on any atom is 0.225 e. The van der Waals surface area contributed by atoms with Crippen LogP contribution in [0.25, 0.3) is 0 Å². The number of hydrogen-bond donors (Lipinski definition) is 0. The summed E-state index contributed by atoms with van der Waals surface area (Å²) in [5.74, 6) is 1.56. The minimum Gasteiger partial charge on any atom is -0.376 e. The summed E-state index contributed by atoms with van der Waals surface area (Å²) < 4.78 is 5.88. The van der Waals surface area contributed by atoms with E-state index in [-0.39, 0.29) is 0 Å². The Bertz CT molecular complexity index is 282. The van der Waals surface area contributed by atoms with Gasteiger partial charge >= 0.3 is 0 Å². The standard InChI is InChI=1S/C14H23NO2/c16-14(12-3-1-2-4-12)15-8-7-13(9-15)17-10-11-5-6-11/h11-13H,1-10H2/t13-/m0/s1. The van der Waals surface area contributed by atoms with Crippen LogP contribution in [0.1, 0.15) is 44.9 Å². The van der Waals surface area contributed by atoms with E-state index in [0.29, 0.717) is 17.9 Å². The Morgan fingerprint density at radius 2 is 1.88 bits per heavy atom. The van der Waals surface area contributed by atoms with Crippen molar-refractivity contribution in [3.05, 3.63) is 0 Å². The molecule has 3 nitrogen and oxygen atoms in total. The van der Waals surface area contributed by atoms with E-state index in [9.17, 15) is 4.79 Å². The van der Waals surface area contributed by atoms with Gasteiger partial charge in [0.05, 0.1) is 6.10 Å². The Kier molecular flexibility index (Phi) is 3.37. The van der Waals surface area contributed by atoms with Crippen molar-refractivity contribution in [3.63, 3.8) is 0 Å². The van der Waals surface area contributed by atoms with E-state index >= 15 is 0 Å². The van der Waals surface area contributed by atoms with Gasteiger partial charge in [0.2, 0.25) is 5.91 Å². The number of nitrogens with zero attached hydrogens (tertiary/aromatic N) is 1. The van der Waals surface area contributed by atoms with E-state index in [1.54, 1.807) is 0 Å². The molecule has 0 unspecified atom stereocenters. The summed E-state index contributed by atoms with van der Waals surface area (Å²) in [7, 11) is 0. The number of rotatable bonds is 4. The largest absolute Gasteiger partial charge is 0.376 e. The molecule has 1 heterocycles. The van der Waals surface area contributed by atoms with Gasteiger partial charge in [-0.3, -0.25) is 4.79 Å². The molecule has 96 valence electrons. The molecular weight excluding hydrogens is 214 g/mol. The summed E-state index contributed by atoms with van der Waals surface area (Å²) in [6.45, 7) is 2.70. The van der Waals surface area contributed by atoms with Gasteiger partial charge in [-0.15, -0.1) is 0 Å². The third kappa shape index (κ3) is 2.82. The van der Waals surface area contributed by atoms with Gasteiger partial charge in [-0.05, 0) is 38.0 Å². The molecule has 0 aromatic heterocycles. The van der Waals surface area contributed by atoms with Crippen LogP contribution in [0.2, 0.25) is 0 Å². The van der Waals surface area contributed by atoms with Crippen molar-refractivity contribution < 1.29 is 9.53 Å². The minimum atomic E-state index is 0.320. The molecule has 3 rings (SSSR count). The number of carbonyl (C=O) groups is 1. The SMILES string of the molecule is O=C(C1CCCC1)N1CC[C@H](OCC2CC2)C1. The van der Waals surface area contributed by atoms with Crippen LogP contribution in [0.15, 0.2) is 0 Å². The van der Waals surface area contributed by atoms with Crippen molar-refractivity contribution in [2.24, 2.45) is 11.8 Å². The second-order valence-electron chi connectivity index (χ2n) is 5.95. The van der Waals surface area contributed by atoms with E-state index in [4.69, 9.17) is 4.74 Å². The Balaban J connectivity index is 1.43. The third-order valence-electron chi connectivity index (χ3n) is 4.43. The van der Waals surface area contributed by atoms with Crippen LogP contribution >= 0.6 is 0 Å². The maximum absolute atomic E-state index is 12.2. The Morgan fingerprint density at radius 3 is 2.59 bits per heavy atom. The summed E-state index contributed by atoms with van der Waals surface area (Å²) in [5.41, 5.74) is 0. The molecule has 2 saturated carbocycles. The van der Waals surface area contributed by atoms with Gasteiger partial charge in [-0.25, -0.2) is 0 Å². The van der Waals surface area contributed by atoms with Crippen molar-refractivity contribution in [3.8, 4) is 0 Å². The van der Waals surface area contributed by atoms with Gasteiger partial charge in [0.15, 0.2) is 0 Å². The molecule has 3 fully saturated rings. The molecular formula is C14H23NO2. The first-order valence-corrected chi connectivity index (χ1v) is 7.23. The van der Waals surface area contributed by atoms with Gasteiger partial charge < -0.3 is 9.64 Å². The van der Waals surface area contributed by atoms with Crippen molar-refractivity contribution in [1.29, 1.82) is 0 Å². The molecule has 2 aliphatic carbocycles. The second-order valence-corrected chi connectivity index (χ2v) is 5.95. The predicted molar refractivity (Wildman–Crippen MR) is 65.6 cm³/mol. The van der Waals surface area contributed by atoms with E-state index in [2.05, 4.69) is 0 Å². The molecule has 17 heavy (non-hydrogen) atoms. The highest BCUT2D eigenvalue weighted by Gasteiger charge is 2.33. The number of hydrogen-bond acceptors (Lipinski definition) is 2. The number of likely N-dealkylation sites (tertiary alicyclic amines) is 1. The van der Waals surface area contributed by atoms with Crippen LogP contribution in [0.3, 0.4) is 0 Å². The van der Waals surface area contributed by atoms with Gasteiger partial charge in [0.25, 0.3) is 0 Å². The van der Waals surface area contributed by atoms with Gasteiger partial charge in [-0.1, -0.05) is 12.8 Å².